The summed E-state index contributed by atoms with van der Waals surface area (Å²) in [5.74, 6) is 0.810. The summed E-state index contributed by atoms with van der Waals surface area (Å²) in [5.41, 5.74) is 6.74. The van der Waals surface area contributed by atoms with Crippen molar-refractivity contribution in [2.75, 3.05) is 7.11 Å². The van der Waals surface area contributed by atoms with Gasteiger partial charge in [0, 0.05) is 5.56 Å². The number of hydrogen-bond donors (Lipinski definition) is 1. The van der Waals surface area contributed by atoms with E-state index >= 15 is 0 Å². The number of methoxy groups -OCH3 is 1. The van der Waals surface area contributed by atoms with Gasteiger partial charge in [0.2, 0.25) is 0 Å². The summed E-state index contributed by atoms with van der Waals surface area (Å²) >= 11 is 0. The van der Waals surface area contributed by atoms with E-state index in [1.807, 2.05) is 24.3 Å². The molecule has 64 valence electrons. The lowest BCUT2D eigenvalue weighted by Crippen LogP contribution is -2.07. The van der Waals surface area contributed by atoms with Crippen molar-refractivity contribution in [3.63, 3.8) is 0 Å². The quantitative estimate of drug-likeness (QED) is 0.690. The van der Waals surface area contributed by atoms with Gasteiger partial charge in [-0.05, 0) is 6.07 Å². The molecule has 0 saturated carbocycles. The highest BCUT2D eigenvalue weighted by Crippen LogP contribution is 2.23. The van der Waals surface area contributed by atoms with Crippen molar-refractivity contribution in [3.8, 4) is 5.75 Å². The van der Waals surface area contributed by atoms with E-state index in [0.29, 0.717) is 0 Å². The van der Waals surface area contributed by atoms with Crippen molar-refractivity contribution >= 4 is 0 Å². The van der Waals surface area contributed by atoms with E-state index in [1.165, 1.54) is 0 Å². The van der Waals surface area contributed by atoms with Crippen LogP contribution in [0.5, 0.6) is 5.75 Å². The van der Waals surface area contributed by atoms with Crippen molar-refractivity contribution < 1.29 is 4.74 Å². The van der Waals surface area contributed by atoms with Crippen LogP contribution in [-0.2, 0) is 0 Å². The Morgan fingerprint density at radius 2 is 2.17 bits per heavy atom. The molecule has 1 aromatic rings. The molecule has 0 aliphatic carbocycles. The van der Waals surface area contributed by atoms with Gasteiger partial charge in [0.25, 0.3) is 0 Å². The molecule has 0 bridgehead atoms. The van der Waals surface area contributed by atoms with E-state index in [9.17, 15) is 0 Å². The number of rotatable bonds is 3. The molecule has 0 spiro atoms. The molecule has 1 unspecified atom stereocenters. The van der Waals surface area contributed by atoms with Crippen LogP contribution in [0.3, 0.4) is 0 Å². The van der Waals surface area contributed by atoms with E-state index in [-0.39, 0.29) is 6.04 Å². The summed E-state index contributed by atoms with van der Waals surface area (Å²) in [7, 11) is 1.63. The Kier molecular flexibility index (Phi) is 2.88. The van der Waals surface area contributed by atoms with E-state index in [0.717, 1.165) is 11.3 Å². The Bertz CT molecular complexity index is 270. The SMILES string of the molecule is C=CC(N)c1ccccc1OC. The monoisotopic (exact) mass is 163 g/mol. The standard InChI is InChI=1S/C10H13NO/c1-3-9(11)8-6-4-5-7-10(8)12-2/h3-7,9H,1,11H2,2H3. The number of benzene rings is 1. The lowest BCUT2D eigenvalue weighted by Gasteiger charge is -2.10. The fraction of sp³-hybridized carbons (Fsp3) is 0.200. The molecule has 0 fully saturated rings. The third-order valence-corrected chi connectivity index (χ3v) is 1.75. The predicted octanol–water partition coefficient (Wildman–Crippen LogP) is 1.88. The summed E-state index contributed by atoms with van der Waals surface area (Å²) in [4.78, 5) is 0. The first-order chi connectivity index (χ1) is 5.79. The molecular weight excluding hydrogens is 150 g/mol. The molecule has 2 nitrogen and oxygen atoms in total. The van der Waals surface area contributed by atoms with Gasteiger partial charge in [0.05, 0.1) is 13.2 Å². The maximum absolute atomic E-state index is 5.77. The number of hydrogen-bond acceptors (Lipinski definition) is 2. The van der Waals surface area contributed by atoms with Gasteiger partial charge < -0.3 is 10.5 Å². The minimum absolute atomic E-state index is 0.152. The van der Waals surface area contributed by atoms with Crippen LogP contribution in [0.15, 0.2) is 36.9 Å². The normalized spacial score (nSPS) is 12.2. The minimum Gasteiger partial charge on any atom is -0.496 e. The van der Waals surface area contributed by atoms with Gasteiger partial charge in [-0.3, -0.25) is 0 Å². The molecule has 12 heavy (non-hydrogen) atoms. The van der Waals surface area contributed by atoms with Gasteiger partial charge >= 0.3 is 0 Å². The summed E-state index contributed by atoms with van der Waals surface area (Å²) < 4.78 is 5.14. The van der Waals surface area contributed by atoms with Crippen molar-refractivity contribution in [3.05, 3.63) is 42.5 Å². The predicted molar refractivity (Wildman–Crippen MR) is 50.1 cm³/mol. The summed E-state index contributed by atoms with van der Waals surface area (Å²) in [5, 5.41) is 0. The van der Waals surface area contributed by atoms with Gasteiger partial charge in [0.15, 0.2) is 0 Å². The molecule has 0 aromatic heterocycles. The number of nitrogens with two attached hydrogens (primary N) is 1. The first kappa shape index (κ1) is 8.81. The highest BCUT2D eigenvalue weighted by atomic mass is 16.5. The zero-order chi connectivity index (χ0) is 8.97. The van der Waals surface area contributed by atoms with Gasteiger partial charge in [-0.25, -0.2) is 0 Å². The highest BCUT2D eigenvalue weighted by Gasteiger charge is 2.06. The van der Waals surface area contributed by atoms with Crippen molar-refractivity contribution in [1.29, 1.82) is 0 Å². The third kappa shape index (κ3) is 1.66. The van der Waals surface area contributed by atoms with E-state index in [1.54, 1.807) is 13.2 Å². The largest absolute Gasteiger partial charge is 0.496 e. The van der Waals surface area contributed by atoms with Gasteiger partial charge in [0.1, 0.15) is 5.75 Å². The molecule has 1 aromatic carbocycles. The van der Waals surface area contributed by atoms with Gasteiger partial charge in [-0.15, -0.1) is 6.58 Å². The molecular formula is C10H13NO. The molecule has 1 rings (SSSR count). The van der Waals surface area contributed by atoms with Crippen molar-refractivity contribution in [1.82, 2.24) is 0 Å². The van der Waals surface area contributed by atoms with Crippen LogP contribution in [0, 0.1) is 0 Å². The van der Waals surface area contributed by atoms with E-state index in [4.69, 9.17) is 10.5 Å². The molecule has 0 amide bonds. The average Bonchev–Trinajstić information content (AvgIpc) is 2.16. The molecule has 2 heteroatoms. The first-order valence-corrected chi connectivity index (χ1v) is 3.80. The zero-order valence-electron chi connectivity index (χ0n) is 7.16. The lowest BCUT2D eigenvalue weighted by atomic mass is 10.1. The summed E-state index contributed by atoms with van der Waals surface area (Å²) in [6.07, 6.45) is 1.69. The molecule has 1 atom stereocenters. The van der Waals surface area contributed by atoms with E-state index < -0.39 is 0 Å². The highest BCUT2D eigenvalue weighted by molar-refractivity contribution is 5.37. The van der Waals surface area contributed by atoms with Gasteiger partial charge in [-0.2, -0.15) is 0 Å². The Hall–Kier alpha value is -1.28. The minimum atomic E-state index is -0.152. The van der Waals surface area contributed by atoms with Crippen LogP contribution >= 0.6 is 0 Å². The van der Waals surface area contributed by atoms with Crippen LogP contribution in [0.4, 0.5) is 0 Å². The fourth-order valence-corrected chi connectivity index (χ4v) is 1.07. The molecule has 0 aliphatic rings. The Morgan fingerprint density at radius 3 is 2.75 bits per heavy atom. The van der Waals surface area contributed by atoms with Crippen molar-refractivity contribution in [2.45, 2.75) is 6.04 Å². The van der Waals surface area contributed by atoms with Crippen LogP contribution in [0.1, 0.15) is 11.6 Å². The average molecular weight is 163 g/mol. The number of ether oxygens (including phenoxy) is 1. The molecule has 0 saturated heterocycles. The molecule has 0 radical (unpaired) electrons. The smallest absolute Gasteiger partial charge is 0.123 e. The molecule has 2 N–H and O–H groups in total. The van der Waals surface area contributed by atoms with Crippen LogP contribution in [0.2, 0.25) is 0 Å². The van der Waals surface area contributed by atoms with Gasteiger partial charge in [-0.1, -0.05) is 24.3 Å². The second-order valence-electron chi connectivity index (χ2n) is 2.50. The van der Waals surface area contributed by atoms with Crippen molar-refractivity contribution in [2.24, 2.45) is 5.73 Å². The summed E-state index contributed by atoms with van der Waals surface area (Å²) in [6.45, 7) is 3.63. The maximum Gasteiger partial charge on any atom is 0.123 e. The van der Waals surface area contributed by atoms with Crippen LogP contribution in [0.25, 0.3) is 0 Å². The van der Waals surface area contributed by atoms with Crippen LogP contribution < -0.4 is 10.5 Å². The van der Waals surface area contributed by atoms with E-state index in [2.05, 4.69) is 6.58 Å². The molecule has 0 aliphatic heterocycles. The Labute approximate surface area is 72.7 Å². The maximum atomic E-state index is 5.77. The third-order valence-electron chi connectivity index (χ3n) is 1.75. The second-order valence-corrected chi connectivity index (χ2v) is 2.50. The first-order valence-electron chi connectivity index (χ1n) is 3.80. The fourth-order valence-electron chi connectivity index (χ4n) is 1.07. The Balaban J connectivity index is 3.04. The Morgan fingerprint density at radius 1 is 1.50 bits per heavy atom. The van der Waals surface area contributed by atoms with Crippen LogP contribution in [-0.4, -0.2) is 7.11 Å². The summed E-state index contributed by atoms with van der Waals surface area (Å²) in [6, 6.07) is 7.52. The second kappa shape index (κ2) is 3.93. The lowest BCUT2D eigenvalue weighted by molar-refractivity contribution is 0.408. The molecule has 0 heterocycles. The topological polar surface area (TPSA) is 35.2 Å². The number of para-hydroxylation sites is 1. The zero-order valence-corrected chi connectivity index (χ0v) is 7.16.